The monoisotopic (exact) mass is 477 g/mol. The summed E-state index contributed by atoms with van der Waals surface area (Å²) in [4.78, 5) is 30.1. The average molecular weight is 478 g/mol. The first-order valence-electron chi connectivity index (χ1n) is 10.7. The van der Waals surface area contributed by atoms with Gasteiger partial charge in [0.05, 0.1) is 6.42 Å². The van der Waals surface area contributed by atoms with Crippen LogP contribution in [0.25, 0.3) is 0 Å². The summed E-state index contributed by atoms with van der Waals surface area (Å²) in [5.41, 5.74) is 0.740. The molecule has 0 radical (unpaired) electrons. The number of likely N-dealkylation sites (tertiary alicyclic amines) is 1. The van der Waals surface area contributed by atoms with Gasteiger partial charge in [-0.1, -0.05) is 12.1 Å². The lowest BCUT2D eigenvalue weighted by molar-refractivity contribution is -0.144. The van der Waals surface area contributed by atoms with E-state index in [0.717, 1.165) is 16.9 Å². The van der Waals surface area contributed by atoms with Gasteiger partial charge in [-0.25, -0.2) is 8.42 Å². The van der Waals surface area contributed by atoms with E-state index in [0.29, 0.717) is 19.4 Å². The van der Waals surface area contributed by atoms with E-state index in [9.17, 15) is 23.1 Å². The molecule has 172 valence electrons. The molecule has 2 aromatic rings. The maximum atomic E-state index is 13.2. The molecule has 1 unspecified atom stereocenters. The van der Waals surface area contributed by atoms with Crippen molar-refractivity contribution in [1.29, 1.82) is 0 Å². The van der Waals surface area contributed by atoms with E-state index in [1.165, 1.54) is 27.8 Å². The zero-order valence-corrected chi connectivity index (χ0v) is 19.6. The van der Waals surface area contributed by atoms with E-state index >= 15 is 0 Å². The Labute approximate surface area is 192 Å². The predicted molar refractivity (Wildman–Crippen MR) is 121 cm³/mol. The summed E-state index contributed by atoms with van der Waals surface area (Å²) in [6, 6.07) is 7.83. The van der Waals surface area contributed by atoms with Crippen molar-refractivity contribution in [1.82, 2.24) is 14.1 Å². The van der Waals surface area contributed by atoms with Crippen LogP contribution in [0.15, 0.2) is 40.6 Å². The molecule has 1 aromatic heterocycles. The Bertz CT molecular complexity index is 1090. The molecule has 1 aromatic carbocycles. The molecule has 1 N–H and O–H groups in total. The number of amides is 2. The molecular formula is C22H27N3O5S2. The third kappa shape index (κ3) is 4.53. The zero-order chi connectivity index (χ0) is 22.9. The second-order valence-electron chi connectivity index (χ2n) is 8.20. The standard InChI is InChI=1S/C22H27N3O5S2/c1-16-6-7-19(26)20(14-16)32(29,30)24-11-9-23(10-12-24)22(28)18-5-2-8-25(18)21(27)15-17-4-3-13-31-17/h3-4,6-7,13-14,18,26H,2,5,8-12,15H2,1H3. The minimum atomic E-state index is -3.85. The van der Waals surface area contributed by atoms with Gasteiger partial charge < -0.3 is 14.9 Å². The lowest BCUT2D eigenvalue weighted by atomic mass is 10.1. The fourth-order valence-corrected chi connectivity index (χ4v) is 6.60. The number of rotatable bonds is 5. The van der Waals surface area contributed by atoms with Crippen molar-refractivity contribution in [2.75, 3.05) is 32.7 Å². The van der Waals surface area contributed by atoms with Gasteiger partial charge in [-0.05, 0) is 48.9 Å². The van der Waals surface area contributed by atoms with Crippen molar-refractivity contribution in [3.63, 3.8) is 0 Å². The van der Waals surface area contributed by atoms with E-state index < -0.39 is 16.1 Å². The molecule has 8 nitrogen and oxygen atoms in total. The Kier molecular flexibility index (Phi) is 6.55. The Morgan fingerprint density at radius 2 is 1.88 bits per heavy atom. The van der Waals surface area contributed by atoms with E-state index in [1.807, 2.05) is 17.5 Å². The summed E-state index contributed by atoms with van der Waals surface area (Å²) in [5, 5.41) is 12.0. The third-order valence-corrected chi connectivity index (χ3v) is 8.85. The molecule has 2 aliphatic heterocycles. The smallest absolute Gasteiger partial charge is 0.246 e. The Morgan fingerprint density at radius 1 is 1.12 bits per heavy atom. The Morgan fingerprint density at radius 3 is 2.56 bits per heavy atom. The minimum absolute atomic E-state index is 0.0422. The van der Waals surface area contributed by atoms with Crippen molar-refractivity contribution in [2.24, 2.45) is 0 Å². The molecule has 10 heteroatoms. The van der Waals surface area contributed by atoms with Crippen LogP contribution in [-0.4, -0.2) is 78.2 Å². The number of thiophene rings is 1. The SMILES string of the molecule is Cc1ccc(O)c(S(=O)(=O)N2CCN(C(=O)C3CCCN3C(=O)Cc3cccs3)CC2)c1. The number of aryl methyl sites for hydroxylation is 1. The number of phenols is 1. The van der Waals surface area contributed by atoms with Gasteiger partial charge in [-0.15, -0.1) is 11.3 Å². The van der Waals surface area contributed by atoms with Gasteiger partial charge in [-0.3, -0.25) is 9.59 Å². The number of hydrogen-bond acceptors (Lipinski definition) is 6. The molecule has 0 aliphatic carbocycles. The topological polar surface area (TPSA) is 98.2 Å². The van der Waals surface area contributed by atoms with Crippen LogP contribution in [0.1, 0.15) is 23.3 Å². The van der Waals surface area contributed by atoms with E-state index in [4.69, 9.17) is 0 Å². The van der Waals surface area contributed by atoms with Crippen LogP contribution in [0.2, 0.25) is 0 Å². The van der Waals surface area contributed by atoms with Crippen LogP contribution < -0.4 is 0 Å². The van der Waals surface area contributed by atoms with Crippen LogP contribution in [0.4, 0.5) is 0 Å². The highest BCUT2D eigenvalue weighted by atomic mass is 32.2. The average Bonchev–Trinajstić information content (AvgIpc) is 3.47. The van der Waals surface area contributed by atoms with E-state index in [-0.39, 0.29) is 48.6 Å². The number of nitrogens with zero attached hydrogens (tertiary/aromatic N) is 3. The van der Waals surface area contributed by atoms with E-state index in [2.05, 4.69) is 0 Å². The van der Waals surface area contributed by atoms with Crippen LogP contribution in [0.3, 0.4) is 0 Å². The largest absolute Gasteiger partial charge is 0.507 e. The van der Waals surface area contributed by atoms with Crippen LogP contribution in [0.5, 0.6) is 5.75 Å². The molecule has 2 amide bonds. The third-order valence-electron chi connectivity index (χ3n) is 6.05. The predicted octanol–water partition coefficient (Wildman–Crippen LogP) is 1.83. The number of piperazine rings is 1. The first-order valence-corrected chi connectivity index (χ1v) is 13.0. The normalized spacial score (nSPS) is 20.0. The molecule has 32 heavy (non-hydrogen) atoms. The van der Waals surface area contributed by atoms with Crippen molar-refractivity contribution in [2.45, 2.75) is 37.1 Å². The minimum Gasteiger partial charge on any atom is -0.507 e. The fourth-order valence-electron chi connectivity index (χ4n) is 4.31. The maximum Gasteiger partial charge on any atom is 0.246 e. The quantitative estimate of drug-likeness (QED) is 0.709. The van der Waals surface area contributed by atoms with Crippen LogP contribution >= 0.6 is 11.3 Å². The molecule has 1 atom stereocenters. The van der Waals surface area contributed by atoms with Gasteiger partial charge in [0.1, 0.15) is 16.7 Å². The summed E-state index contributed by atoms with van der Waals surface area (Å²) in [7, 11) is -3.85. The van der Waals surface area contributed by atoms with Crippen LogP contribution in [0, 0.1) is 6.92 Å². The van der Waals surface area contributed by atoms with Crippen molar-refractivity contribution < 1.29 is 23.1 Å². The molecule has 2 saturated heterocycles. The molecule has 2 aliphatic rings. The first-order chi connectivity index (χ1) is 15.3. The van der Waals surface area contributed by atoms with Crippen molar-refractivity contribution in [3.8, 4) is 5.75 Å². The van der Waals surface area contributed by atoms with Gasteiger partial charge in [0.2, 0.25) is 21.8 Å². The fraction of sp³-hybridized carbons (Fsp3) is 0.455. The molecule has 0 bridgehead atoms. The molecule has 2 fully saturated rings. The molecule has 3 heterocycles. The molecule has 0 spiro atoms. The van der Waals surface area contributed by atoms with Crippen LogP contribution in [-0.2, 0) is 26.0 Å². The Balaban J connectivity index is 1.40. The number of benzene rings is 1. The van der Waals surface area contributed by atoms with Gasteiger partial charge in [0.25, 0.3) is 0 Å². The summed E-state index contributed by atoms with van der Waals surface area (Å²) in [6.45, 7) is 3.15. The second kappa shape index (κ2) is 9.21. The first kappa shape index (κ1) is 22.8. The lowest BCUT2D eigenvalue weighted by Crippen LogP contribution is -2.55. The lowest BCUT2D eigenvalue weighted by Gasteiger charge is -2.36. The number of carbonyl (C=O) groups is 2. The highest BCUT2D eigenvalue weighted by molar-refractivity contribution is 7.89. The number of phenolic OH excluding ortho intramolecular Hbond substituents is 1. The highest BCUT2D eigenvalue weighted by Gasteiger charge is 2.39. The summed E-state index contributed by atoms with van der Waals surface area (Å²) >= 11 is 1.53. The number of carbonyl (C=O) groups excluding carboxylic acids is 2. The molecule has 4 rings (SSSR count). The summed E-state index contributed by atoms with van der Waals surface area (Å²) < 4.78 is 27.3. The molecular weight excluding hydrogens is 450 g/mol. The van der Waals surface area contributed by atoms with Gasteiger partial charge in [0.15, 0.2) is 0 Å². The zero-order valence-electron chi connectivity index (χ0n) is 17.9. The number of hydrogen-bond donors (Lipinski definition) is 1. The van der Waals surface area contributed by atoms with Gasteiger partial charge in [-0.2, -0.15) is 4.31 Å². The van der Waals surface area contributed by atoms with E-state index in [1.54, 1.807) is 22.8 Å². The van der Waals surface area contributed by atoms with Crippen molar-refractivity contribution >= 4 is 33.2 Å². The Hall–Kier alpha value is -2.43. The summed E-state index contributed by atoms with van der Waals surface area (Å²) in [5.74, 6) is -0.433. The number of aromatic hydroxyl groups is 1. The van der Waals surface area contributed by atoms with Gasteiger partial charge in [0, 0.05) is 37.6 Å². The number of sulfonamides is 1. The van der Waals surface area contributed by atoms with Crippen molar-refractivity contribution in [3.05, 3.63) is 46.2 Å². The molecule has 0 saturated carbocycles. The van der Waals surface area contributed by atoms with Gasteiger partial charge >= 0.3 is 0 Å². The highest BCUT2D eigenvalue weighted by Crippen LogP contribution is 2.28. The summed E-state index contributed by atoms with van der Waals surface area (Å²) in [6.07, 6.45) is 1.71. The maximum absolute atomic E-state index is 13.2. The second-order valence-corrected chi connectivity index (χ2v) is 11.1.